The maximum absolute atomic E-state index is 11.7. The molecule has 0 saturated carbocycles. The first-order valence-electron chi connectivity index (χ1n) is 6.07. The second-order valence-electron chi connectivity index (χ2n) is 4.31. The first kappa shape index (κ1) is 13.6. The van der Waals surface area contributed by atoms with Gasteiger partial charge < -0.3 is 4.90 Å². The topological polar surface area (TPSA) is 23.6 Å². The van der Waals surface area contributed by atoms with Crippen LogP contribution in [-0.2, 0) is 11.3 Å². The van der Waals surface area contributed by atoms with E-state index in [0.29, 0.717) is 0 Å². The maximum Gasteiger partial charge on any atom is 0.246 e. The van der Waals surface area contributed by atoms with Crippen LogP contribution < -0.4 is 0 Å². The summed E-state index contributed by atoms with van der Waals surface area (Å²) in [5.41, 5.74) is 0. The highest BCUT2D eigenvalue weighted by molar-refractivity contribution is 7.16. The molecule has 0 unspecified atom stereocenters. The molecule has 1 fully saturated rings. The number of piperazine rings is 1. The summed E-state index contributed by atoms with van der Waals surface area (Å²) in [7, 11) is 0. The average molecular weight is 285 g/mol. The van der Waals surface area contributed by atoms with Gasteiger partial charge in [-0.1, -0.05) is 17.7 Å². The van der Waals surface area contributed by atoms with Crippen molar-refractivity contribution in [2.45, 2.75) is 13.5 Å². The lowest BCUT2D eigenvalue weighted by Gasteiger charge is -2.33. The molecule has 0 aromatic carbocycles. The number of halogens is 1. The molecule has 0 spiro atoms. The van der Waals surface area contributed by atoms with Crippen LogP contribution in [0.5, 0.6) is 0 Å². The van der Waals surface area contributed by atoms with Gasteiger partial charge in [0.2, 0.25) is 5.91 Å². The molecule has 2 heterocycles. The minimum atomic E-state index is 0.122. The minimum absolute atomic E-state index is 0.122. The third kappa shape index (κ3) is 3.57. The van der Waals surface area contributed by atoms with E-state index >= 15 is 0 Å². The zero-order valence-corrected chi connectivity index (χ0v) is 12.0. The highest BCUT2D eigenvalue weighted by Crippen LogP contribution is 2.23. The van der Waals surface area contributed by atoms with Gasteiger partial charge in [-0.2, -0.15) is 0 Å². The third-order valence-corrected chi connectivity index (χ3v) is 4.22. The molecule has 1 amide bonds. The van der Waals surface area contributed by atoms with Gasteiger partial charge in [0.25, 0.3) is 0 Å². The van der Waals surface area contributed by atoms with E-state index in [2.05, 4.69) is 11.0 Å². The Labute approximate surface area is 117 Å². The highest BCUT2D eigenvalue weighted by atomic mass is 35.5. The third-order valence-electron chi connectivity index (χ3n) is 3.00. The van der Waals surface area contributed by atoms with Gasteiger partial charge in [-0.15, -0.1) is 11.3 Å². The van der Waals surface area contributed by atoms with Gasteiger partial charge in [-0.3, -0.25) is 9.69 Å². The predicted molar refractivity (Wildman–Crippen MR) is 76.0 cm³/mol. The van der Waals surface area contributed by atoms with Gasteiger partial charge in [0.1, 0.15) is 0 Å². The average Bonchev–Trinajstić information content (AvgIpc) is 2.76. The lowest BCUT2D eigenvalue weighted by atomic mass is 10.3. The van der Waals surface area contributed by atoms with E-state index in [1.54, 1.807) is 23.5 Å². The molecule has 0 bridgehead atoms. The Hall–Kier alpha value is -0.840. The Balaban J connectivity index is 1.81. The number of allylic oxidation sites excluding steroid dienone is 1. The molecular formula is C13H17ClN2OS. The van der Waals surface area contributed by atoms with Crippen LogP contribution in [0.25, 0.3) is 0 Å². The number of hydrogen-bond donors (Lipinski definition) is 0. The predicted octanol–water partition coefficient (Wildman–Crippen LogP) is 2.62. The largest absolute Gasteiger partial charge is 0.337 e. The number of hydrogen-bond acceptors (Lipinski definition) is 3. The monoisotopic (exact) mass is 284 g/mol. The van der Waals surface area contributed by atoms with E-state index in [-0.39, 0.29) is 5.91 Å². The van der Waals surface area contributed by atoms with Crippen LogP contribution in [0.2, 0.25) is 4.34 Å². The summed E-state index contributed by atoms with van der Waals surface area (Å²) in [6.07, 6.45) is 3.43. The van der Waals surface area contributed by atoms with E-state index in [4.69, 9.17) is 11.6 Å². The molecule has 98 valence electrons. The summed E-state index contributed by atoms with van der Waals surface area (Å²) >= 11 is 7.55. The molecule has 1 aromatic heterocycles. The number of rotatable bonds is 3. The van der Waals surface area contributed by atoms with Gasteiger partial charge in [0.15, 0.2) is 0 Å². The van der Waals surface area contributed by atoms with E-state index in [1.165, 1.54) is 4.88 Å². The van der Waals surface area contributed by atoms with Crippen molar-refractivity contribution >= 4 is 28.8 Å². The smallest absolute Gasteiger partial charge is 0.246 e. The van der Waals surface area contributed by atoms with Crippen molar-refractivity contribution < 1.29 is 4.79 Å². The number of nitrogens with zero attached hydrogens (tertiary/aromatic N) is 2. The van der Waals surface area contributed by atoms with Crippen molar-refractivity contribution in [2.24, 2.45) is 0 Å². The fourth-order valence-corrected chi connectivity index (χ4v) is 3.16. The zero-order valence-electron chi connectivity index (χ0n) is 10.4. The van der Waals surface area contributed by atoms with Crippen LogP contribution in [0.4, 0.5) is 0 Å². The van der Waals surface area contributed by atoms with Crippen LogP contribution in [0.15, 0.2) is 24.3 Å². The second kappa shape index (κ2) is 6.36. The fourth-order valence-electron chi connectivity index (χ4n) is 2.03. The van der Waals surface area contributed by atoms with Crippen LogP contribution >= 0.6 is 22.9 Å². The normalized spacial score (nSPS) is 17.6. The van der Waals surface area contributed by atoms with Crippen LogP contribution in [-0.4, -0.2) is 41.9 Å². The summed E-state index contributed by atoms with van der Waals surface area (Å²) < 4.78 is 0.840. The van der Waals surface area contributed by atoms with Crippen molar-refractivity contribution in [3.05, 3.63) is 33.5 Å². The molecule has 2 rings (SSSR count). The Bertz CT molecular complexity index is 436. The summed E-state index contributed by atoms with van der Waals surface area (Å²) in [6.45, 7) is 6.28. The van der Waals surface area contributed by atoms with Gasteiger partial charge in [0.05, 0.1) is 4.34 Å². The molecule has 0 radical (unpaired) electrons. The van der Waals surface area contributed by atoms with Crippen LogP contribution in [0.1, 0.15) is 11.8 Å². The Morgan fingerprint density at radius 1 is 1.39 bits per heavy atom. The number of amides is 1. The summed E-state index contributed by atoms with van der Waals surface area (Å²) in [5.74, 6) is 0.122. The standard InChI is InChI=1S/C13H17ClN2OS/c1-2-3-13(17)16-8-6-15(7-9-16)10-11-4-5-12(14)18-11/h2-5H,6-10H2,1H3/b3-2+. The Morgan fingerprint density at radius 2 is 2.11 bits per heavy atom. The van der Waals surface area contributed by atoms with Crippen molar-refractivity contribution in [2.75, 3.05) is 26.2 Å². The Morgan fingerprint density at radius 3 is 2.67 bits per heavy atom. The quantitative estimate of drug-likeness (QED) is 0.797. The van der Waals surface area contributed by atoms with E-state index in [9.17, 15) is 4.79 Å². The minimum Gasteiger partial charge on any atom is -0.337 e. The summed E-state index contributed by atoms with van der Waals surface area (Å²) in [4.78, 5) is 17.2. The maximum atomic E-state index is 11.7. The van der Waals surface area contributed by atoms with Crippen molar-refractivity contribution in [1.82, 2.24) is 9.80 Å². The van der Waals surface area contributed by atoms with Gasteiger partial charge in [-0.25, -0.2) is 0 Å². The lowest BCUT2D eigenvalue weighted by Crippen LogP contribution is -2.47. The molecule has 5 heteroatoms. The Kier molecular flexibility index (Phi) is 4.80. The molecule has 0 N–H and O–H groups in total. The van der Waals surface area contributed by atoms with Gasteiger partial charge in [0, 0.05) is 37.6 Å². The van der Waals surface area contributed by atoms with Crippen LogP contribution in [0, 0.1) is 0 Å². The van der Waals surface area contributed by atoms with Crippen molar-refractivity contribution in [1.29, 1.82) is 0 Å². The van der Waals surface area contributed by atoms with E-state index in [0.717, 1.165) is 37.1 Å². The first-order chi connectivity index (χ1) is 8.69. The molecule has 1 saturated heterocycles. The summed E-state index contributed by atoms with van der Waals surface area (Å²) in [6, 6.07) is 4.01. The van der Waals surface area contributed by atoms with Gasteiger partial charge in [-0.05, 0) is 25.1 Å². The number of carbonyl (C=O) groups excluding carboxylic acids is 1. The number of carbonyl (C=O) groups is 1. The molecular weight excluding hydrogens is 268 g/mol. The molecule has 3 nitrogen and oxygen atoms in total. The highest BCUT2D eigenvalue weighted by Gasteiger charge is 2.19. The molecule has 1 aliphatic rings. The summed E-state index contributed by atoms with van der Waals surface area (Å²) in [5, 5.41) is 0. The molecule has 18 heavy (non-hydrogen) atoms. The van der Waals surface area contributed by atoms with E-state index < -0.39 is 0 Å². The van der Waals surface area contributed by atoms with Crippen LogP contribution in [0.3, 0.4) is 0 Å². The van der Waals surface area contributed by atoms with Crippen molar-refractivity contribution in [3.63, 3.8) is 0 Å². The SMILES string of the molecule is C/C=C/C(=O)N1CCN(Cc2ccc(Cl)s2)CC1. The van der Waals surface area contributed by atoms with Crippen molar-refractivity contribution in [3.8, 4) is 0 Å². The zero-order chi connectivity index (χ0) is 13.0. The number of thiophene rings is 1. The fraction of sp³-hybridized carbons (Fsp3) is 0.462. The molecule has 0 aliphatic carbocycles. The first-order valence-corrected chi connectivity index (χ1v) is 7.26. The van der Waals surface area contributed by atoms with E-state index in [1.807, 2.05) is 17.9 Å². The lowest BCUT2D eigenvalue weighted by molar-refractivity contribution is -0.127. The molecule has 1 aromatic rings. The van der Waals surface area contributed by atoms with Gasteiger partial charge >= 0.3 is 0 Å². The molecule has 0 atom stereocenters. The molecule has 1 aliphatic heterocycles. The second-order valence-corrected chi connectivity index (χ2v) is 6.11.